The van der Waals surface area contributed by atoms with Gasteiger partial charge in [0.05, 0.1) is 9.82 Å². The zero-order valence-corrected chi connectivity index (χ0v) is 16.5. The summed E-state index contributed by atoms with van der Waals surface area (Å²) < 4.78 is 13.8. The molecule has 0 N–H and O–H groups in total. The Morgan fingerprint density at radius 1 is 1.18 bits per heavy atom. The highest BCUT2D eigenvalue weighted by molar-refractivity contribution is 7.98. The van der Waals surface area contributed by atoms with E-state index in [1.807, 2.05) is 0 Å². The zero-order valence-electron chi connectivity index (χ0n) is 15.6. The molecule has 0 unspecified atom stereocenters. The number of carbonyl (C=O) groups excluding carboxylic acids is 1. The van der Waals surface area contributed by atoms with Crippen molar-refractivity contribution < 1.29 is 14.1 Å². The van der Waals surface area contributed by atoms with Crippen molar-refractivity contribution >= 4 is 23.4 Å². The Hall–Kier alpha value is -2.45. The van der Waals surface area contributed by atoms with Crippen LogP contribution in [0.3, 0.4) is 0 Å². The summed E-state index contributed by atoms with van der Waals surface area (Å²) in [4.78, 5) is 28.2. The Bertz CT molecular complexity index is 870. The van der Waals surface area contributed by atoms with Gasteiger partial charge in [-0.1, -0.05) is 25.1 Å². The highest BCUT2D eigenvalue weighted by Gasteiger charge is 2.24. The molecule has 1 aliphatic rings. The average Bonchev–Trinajstić information content (AvgIpc) is 2.72. The lowest BCUT2D eigenvalue weighted by molar-refractivity contribution is -0.387. The van der Waals surface area contributed by atoms with E-state index in [0.29, 0.717) is 29.1 Å². The van der Waals surface area contributed by atoms with Crippen LogP contribution in [0.5, 0.6) is 0 Å². The summed E-state index contributed by atoms with van der Waals surface area (Å²) in [5.41, 5.74) is 0.669. The molecule has 0 aromatic heterocycles. The molecule has 0 bridgehead atoms. The van der Waals surface area contributed by atoms with Crippen LogP contribution in [0.4, 0.5) is 10.1 Å². The molecule has 1 fully saturated rings. The predicted octanol–water partition coefficient (Wildman–Crippen LogP) is 3.80. The molecule has 1 saturated heterocycles. The smallest absolute Gasteiger partial charge is 0.283 e. The van der Waals surface area contributed by atoms with E-state index < -0.39 is 4.92 Å². The summed E-state index contributed by atoms with van der Waals surface area (Å²) in [5, 5.41) is 11.5. The van der Waals surface area contributed by atoms with E-state index in [9.17, 15) is 19.3 Å². The summed E-state index contributed by atoms with van der Waals surface area (Å²) in [5.74, 6) is -0.250. The maximum atomic E-state index is 13.8. The van der Waals surface area contributed by atoms with Crippen molar-refractivity contribution in [1.82, 2.24) is 9.80 Å². The van der Waals surface area contributed by atoms with E-state index in [4.69, 9.17) is 0 Å². The third-order valence-corrected chi connectivity index (χ3v) is 5.96. The molecule has 1 amide bonds. The van der Waals surface area contributed by atoms with E-state index in [1.54, 1.807) is 35.2 Å². The van der Waals surface area contributed by atoms with Crippen molar-refractivity contribution in [1.29, 1.82) is 0 Å². The van der Waals surface area contributed by atoms with Gasteiger partial charge in [0.25, 0.3) is 11.6 Å². The minimum absolute atomic E-state index is 0.126. The van der Waals surface area contributed by atoms with Crippen molar-refractivity contribution in [2.45, 2.75) is 17.6 Å². The van der Waals surface area contributed by atoms with Crippen LogP contribution in [0.15, 0.2) is 47.4 Å². The molecular formula is C20H22FN3O3S. The lowest BCUT2D eigenvalue weighted by atomic mass is 10.1. The fraction of sp³-hybridized carbons (Fsp3) is 0.350. The van der Waals surface area contributed by atoms with Gasteiger partial charge in [-0.2, -0.15) is 0 Å². The van der Waals surface area contributed by atoms with Crippen molar-refractivity contribution in [2.24, 2.45) is 0 Å². The van der Waals surface area contributed by atoms with Gasteiger partial charge in [0, 0.05) is 43.6 Å². The fourth-order valence-electron chi connectivity index (χ4n) is 3.14. The van der Waals surface area contributed by atoms with Gasteiger partial charge >= 0.3 is 0 Å². The highest BCUT2D eigenvalue weighted by Crippen LogP contribution is 2.33. The number of likely N-dealkylation sites (N-methyl/N-ethyl adjacent to an activating group) is 1. The molecule has 2 aromatic carbocycles. The molecule has 148 valence electrons. The fourth-order valence-corrected chi connectivity index (χ4v) is 4.13. The molecule has 0 radical (unpaired) electrons. The first-order chi connectivity index (χ1) is 13.5. The van der Waals surface area contributed by atoms with Crippen LogP contribution in [0.1, 0.15) is 22.8 Å². The Kier molecular flexibility index (Phi) is 6.64. The molecule has 28 heavy (non-hydrogen) atoms. The van der Waals surface area contributed by atoms with Crippen LogP contribution in [0.25, 0.3) is 0 Å². The SMILES string of the molecule is CCN1CCN(C(=O)c2ccc(SCc3ccccc3F)c([N+](=O)[O-])c2)CC1. The number of hydrogen-bond donors (Lipinski definition) is 0. The molecule has 1 aliphatic heterocycles. The topological polar surface area (TPSA) is 66.7 Å². The van der Waals surface area contributed by atoms with Crippen LogP contribution in [0.2, 0.25) is 0 Å². The molecule has 0 aliphatic carbocycles. The quantitative estimate of drug-likeness (QED) is 0.417. The molecule has 8 heteroatoms. The third-order valence-electron chi connectivity index (χ3n) is 4.85. The Labute approximate surface area is 167 Å². The van der Waals surface area contributed by atoms with Gasteiger partial charge in [0.2, 0.25) is 0 Å². The summed E-state index contributed by atoms with van der Waals surface area (Å²) in [6.07, 6.45) is 0. The van der Waals surface area contributed by atoms with Gasteiger partial charge in [-0.3, -0.25) is 14.9 Å². The Balaban J connectivity index is 1.75. The number of thioether (sulfide) groups is 1. The summed E-state index contributed by atoms with van der Waals surface area (Å²) in [6.45, 7) is 5.87. The number of nitro groups is 1. The number of nitrogens with zero attached hydrogens (tertiary/aromatic N) is 3. The average molecular weight is 403 g/mol. The largest absolute Gasteiger partial charge is 0.336 e. The van der Waals surface area contributed by atoms with Gasteiger partial charge in [-0.25, -0.2) is 4.39 Å². The van der Waals surface area contributed by atoms with Crippen molar-refractivity contribution in [3.8, 4) is 0 Å². The normalized spacial score (nSPS) is 14.9. The van der Waals surface area contributed by atoms with Crippen LogP contribution >= 0.6 is 11.8 Å². The highest BCUT2D eigenvalue weighted by atomic mass is 32.2. The second kappa shape index (κ2) is 9.16. The first-order valence-electron chi connectivity index (χ1n) is 9.16. The molecule has 1 heterocycles. The van der Waals surface area contributed by atoms with E-state index in [1.165, 1.54) is 23.9 Å². The van der Waals surface area contributed by atoms with Crippen LogP contribution < -0.4 is 0 Å². The molecular weight excluding hydrogens is 381 g/mol. The van der Waals surface area contributed by atoms with Gasteiger partial charge < -0.3 is 9.80 Å². The third kappa shape index (κ3) is 4.69. The molecule has 2 aromatic rings. The predicted molar refractivity (Wildman–Crippen MR) is 107 cm³/mol. The Morgan fingerprint density at radius 2 is 1.89 bits per heavy atom. The zero-order chi connectivity index (χ0) is 20.1. The van der Waals surface area contributed by atoms with E-state index >= 15 is 0 Å². The summed E-state index contributed by atoms with van der Waals surface area (Å²) >= 11 is 1.19. The van der Waals surface area contributed by atoms with Crippen molar-refractivity contribution in [3.63, 3.8) is 0 Å². The number of rotatable bonds is 6. The number of hydrogen-bond acceptors (Lipinski definition) is 5. The van der Waals surface area contributed by atoms with Crippen molar-refractivity contribution in [2.75, 3.05) is 32.7 Å². The number of benzene rings is 2. The monoisotopic (exact) mass is 403 g/mol. The standard InChI is InChI=1S/C20H22FN3O3S/c1-2-22-9-11-23(12-10-22)20(25)15-7-8-19(18(13-15)24(26)27)28-14-16-5-3-4-6-17(16)21/h3-8,13H,2,9-12,14H2,1H3. The first kappa shape index (κ1) is 20.3. The van der Waals surface area contributed by atoms with Crippen LogP contribution in [-0.2, 0) is 5.75 Å². The molecule has 6 nitrogen and oxygen atoms in total. The van der Waals surface area contributed by atoms with Crippen molar-refractivity contribution in [3.05, 3.63) is 69.5 Å². The second-order valence-electron chi connectivity index (χ2n) is 6.55. The summed E-state index contributed by atoms with van der Waals surface area (Å²) in [6, 6.07) is 10.9. The lowest BCUT2D eigenvalue weighted by Crippen LogP contribution is -2.48. The maximum absolute atomic E-state index is 13.8. The first-order valence-corrected chi connectivity index (χ1v) is 10.1. The van der Waals surface area contributed by atoms with Gasteiger partial charge in [-0.05, 0) is 30.3 Å². The number of halogens is 1. The van der Waals surface area contributed by atoms with Gasteiger partial charge in [0.1, 0.15) is 5.82 Å². The van der Waals surface area contributed by atoms with Crippen LogP contribution in [0, 0.1) is 15.9 Å². The van der Waals surface area contributed by atoms with Gasteiger partial charge in [-0.15, -0.1) is 11.8 Å². The second-order valence-corrected chi connectivity index (χ2v) is 7.56. The van der Waals surface area contributed by atoms with E-state index in [0.717, 1.165) is 19.6 Å². The van der Waals surface area contributed by atoms with Gasteiger partial charge in [0.15, 0.2) is 0 Å². The molecule has 0 saturated carbocycles. The molecule has 0 spiro atoms. The number of amides is 1. The minimum atomic E-state index is -0.491. The molecule has 0 atom stereocenters. The lowest BCUT2D eigenvalue weighted by Gasteiger charge is -2.34. The Morgan fingerprint density at radius 3 is 2.54 bits per heavy atom. The van der Waals surface area contributed by atoms with E-state index in [-0.39, 0.29) is 23.2 Å². The van der Waals surface area contributed by atoms with E-state index in [2.05, 4.69) is 11.8 Å². The summed E-state index contributed by atoms with van der Waals surface area (Å²) in [7, 11) is 0. The maximum Gasteiger partial charge on any atom is 0.283 e. The molecule has 3 rings (SSSR count). The van der Waals surface area contributed by atoms with Crippen LogP contribution in [-0.4, -0.2) is 53.4 Å². The number of nitro benzene ring substituents is 1. The number of carbonyl (C=O) groups is 1. The minimum Gasteiger partial charge on any atom is -0.336 e. The number of piperazine rings is 1.